The number of ether oxygens (including phenoxy) is 1. The Morgan fingerprint density at radius 3 is 2.62 bits per heavy atom. The lowest BCUT2D eigenvalue weighted by Crippen LogP contribution is -2.23. The van der Waals surface area contributed by atoms with E-state index in [0.29, 0.717) is 6.47 Å². The summed E-state index contributed by atoms with van der Waals surface area (Å²) in [6, 6.07) is 0. The van der Waals surface area contributed by atoms with E-state index >= 15 is 0 Å². The molecule has 0 radical (unpaired) electrons. The van der Waals surface area contributed by atoms with Gasteiger partial charge in [0, 0.05) is 0 Å². The summed E-state index contributed by atoms with van der Waals surface area (Å²) in [5, 5.41) is 8.62. The van der Waals surface area contributed by atoms with Crippen molar-refractivity contribution in [2.24, 2.45) is 0 Å². The minimum atomic E-state index is -0.391. The second kappa shape index (κ2) is 5.62. The molecule has 0 aliphatic rings. The van der Waals surface area contributed by atoms with Crippen molar-refractivity contribution in [3.63, 3.8) is 0 Å². The fourth-order valence-electron chi connectivity index (χ4n) is 1.05. The van der Waals surface area contributed by atoms with Crippen LogP contribution < -0.4 is 0 Å². The number of rotatable bonds is 6. The quantitative estimate of drug-likeness (QED) is 0.512. The van der Waals surface area contributed by atoms with Crippen LogP contribution in [0.5, 0.6) is 0 Å². The molecule has 0 atom stereocenters. The second-order valence-corrected chi connectivity index (χ2v) is 3.80. The molecule has 0 saturated heterocycles. The maximum absolute atomic E-state index is 10.1. The molecule has 0 amide bonds. The van der Waals surface area contributed by atoms with Gasteiger partial charge in [0.2, 0.25) is 0 Å². The maximum atomic E-state index is 10.1. The fraction of sp³-hybridized carbons (Fsp3) is 0.700. The monoisotopic (exact) mass is 186 g/mol. The van der Waals surface area contributed by atoms with Gasteiger partial charge in [0.05, 0.1) is 6.26 Å². The molecule has 13 heavy (non-hydrogen) atoms. The van der Waals surface area contributed by atoms with Gasteiger partial charge in [-0.15, -0.1) is 0 Å². The normalized spacial score (nSPS) is 12.7. The topological polar surface area (TPSA) is 46.5 Å². The van der Waals surface area contributed by atoms with Crippen molar-refractivity contribution >= 4 is 6.47 Å². The van der Waals surface area contributed by atoms with Crippen LogP contribution in [-0.4, -0.2) is 17.2 Å². The van der Waals surface area contributed by atoms with E-state index in [-0.39, 0.29) is 0 Å². The average Bonchev–Trinajstić information content (AvgIpc) is 2.03. The van der Waals surface area contributed by atoms with Crippen LogP contribution in [0.3, 0.4) is 0 Å². The Hall–Kier alpha value is -0.990. The molecule has 0 saturated carbocycles. The summed E-state index contributed by atoms with van der Waals surface area (Å²) in [5.74, 6) is 0. The molecule has 76 valence electrons. The fourth-order valence-corrected chi connectivity index (χ4v) is 1.05. The lowest BCUT2D eigenvalue weighted by atomic mass is 9.99. The number of hydrogen-bond acceptors (Lipinski definition) is 3. The molecule has 0 rings (SSSR count). The molecule has 0 aromatic rings. The van der Waals surface area contributed by atoms with Gasteiger partial charge >= 0.3 is 0 Å². The first-order valence-corrected chi connectivity index (χ1v) is 4.43. The van der Waals surface area contributed by atoms with Crippen molar-refractivity contribution in [2.45, 2.75) is 45.6 Å². The lowest BCUT2D eigenvalue weighted by molar-refractivity contribution is -0.140. The molecule has 0 aliphatic carbocycles. The minimum Gasteiger partial charge on any atom is -0.516 e. The standard InChI is InChI=1S/C10H18O3/c1-9(7-11)5-4-6-10(2,3)13-8-12/h7-8,11H,4-6H2,1-3H3/b9-7+. The predicted octanol–water partition coefficient (Wildman–Crippen LogP) is 2.57. The highest BCUT2D eigenvalue weighted by molar-refractivity contribution is 5.38. The van der Waals surface area contributed by atoms with E-state index in [1.54, 1.807) is 0 Å². The van der Waals surface area contributed by atoms with Crippen LogP contribution >= 0.6 is 0 Å². The van der Waals surface area contributed by atoms with Crippen LogP contribution in [-0.2, 0) is 9.53 Å². The van der Waals surface area contributed by atoms with Crippen LogP contribution in [0.1, 0.15) is 40.0 Å². The summed E-state index contributed by atoms with van der Waals surface area (Å²) >= 11 is 0. The van der Waals surface area contributed by atoms with Gasteiger partial charge in [-0.2, -0.15) is 0 Å². The summed E-state index contributed by atoms with van der Waals surface area (Å²) in [6.45, 7) is 6.10. The third kappa shape index (κ3) is 6.20. The zero-order valence-corrected chi connectivity index (χ0v) is 8.54. The van der Waals surface area contributed by atoms with E-state index in [1.807, 2.05) is 20.8 Å². The molecule has 0 aromatic heterocycles. The molecule has 0 fully saturated rings. The second-order valence-electron chi connectivity index (χ2n) is 3.80. The Labute approximate surface area is 79.4 Å². The molecule has 0 heterocycles. The zero-order chi connectivity index (χ0) is 10.3. The maximum Gasteiger partial charge on any atom is 0.293 e. The summed E-state index contributed by atoms with van der Waals surface area (Å²) in [4.78, 5) is 10.1. The van der Waals surface area contributed by atoms with Crippen molar-refractivity contribution in [1.82, 2.24) is 0 Å². The van der Waals surface area contributed by atoms with Crippen molar-refractivity contribution in [2.75, 3.05) is 0 Å². The first-order chi connectivity index (χ1) is 6.02. The first-order valence-electron chi connectivity index (χ1n) is 4.43. The van der Waals surface area contributed by atoms with Gasteiger partial charge in [0.15, 0.2) is 0 Å². The number of hydrogen-bond donors (Lipinski definition) is 1. The highest BCUT2D eigenvalue weighted by atomic mass is 16.5. The third-order valence-corrected chi connectivity index (χ3v) is 1.94. The molecule has 3 heteroatoms. The van der Waals surface area contributed by atoms with Gasteiger partial charge in [-0.3, -0.25) is 4.79 Å². The third-order valence-electron chi connectivity index (χ3n) is 1.94. The smallest absolute Gasteiger partial charge is 0.293 e. The van der Waals surface area contributed by atoms with Gasteiger partial charge in [-0.25, -0.2) is 0 Å². The molecule has 0 aliphatic heterocycles. The van der Waals surface area contributed by atoms with Crippen molar-refractivity contribution < 1.29 is 14.6 Å². The Morgan fingerprint density at radius 2 is 2.15 bits per heavy atom. The molecule has 0 spiro atoms. The predicted molar refractivity (Wildman–Crippen MR) is 51.5 cm³/mol. The molecular weight excluding hydrogens is 168 g/mol. The van der Waals surface area contributed by atoms with Gasteiger partial charge in [0.25, 0.3) is 6.47 Å². The van der Waals surface area contributed by atoms with E-state index in [2.05, 4.69) is 0 Å². The average molecular weight is 186 g/mol. The van der Waals surface area contributed by atoms with E-state index in [9.17, 15) is 4.79 Å². The molecule has 1 N–H and O–H groups in total. The van der Waals surface area contributed by atoms with Crippen LogP contribution in [0, 0.1) is 0 Å². The number of allylic oxidation sites excluding steroid dienone is 1. The first kappa shape index (κ1) is 12.0. The van der Waals surface area contributed by atoms with Gasteiger partial charge in [0.1, 0.15) is 5.60 Å². The van der Waals surface area contributed by atoms with E-state index in [4.69, 9.17) is 9.84 Å². The summed E-state index contributed by atoms with van der Waals surface area (Å²) in [5.41, 5.74) is 0.555. The van der Waals surface area contributed by atoms with Crippen molar-refractivity contribution in [3.8, 4) is 0 Å². The number of aliphatic hydroxyl groups is 1. The van der Waals surface area contributed by atoms with Crippen molar-refractivity contribution in [3.05, 3.63) is 11.8 Å². The summed E-state index contributed by atoms with van der Waals surface area (Å²) < 4.78 is 4.88. The molecule has 0 bridgehead atoms. The van der Waals surface area contributed by atoms with Crippen LogP contribution in [0.4, 0.5) is 0 Å². The molecule has 0 aromatic carbocycles. The van der Waals surface area contributed by atoms with Gasteiger partial charge < -0.3 is 9.84 Å². The Kier molecular flexibility index (Phi) is 5.19. The zero-order valence-electron chi connectivity index (χ0n) is 8.54. The van der Waals surface area contributed by atoms with Gasteiger partial charge in [-0.05, 0) is 45.6 Å². The van der Waals surface area contributed by atoms with Crippen LogP contribution in [0.2, 0.25) is 0 Å². The summed E-state index contributed by atoms with van der Waals surface area (Å²) in [7, 11) is 0. The number of carbonyl (C=O) groups is 1. The SMILES string of the molecule is C/C(=C\O)CCCC(C)(C)OC=O. The molecular formula is C10H18O3. The largest absolute Gasteiger partial charge is 0.516 e. The minimum absolute atomic E-state index is 0.391. The Balaban J connectivity index is 3.68. The number of carbonyl (C=O) groups excluding carboxylic acids is 1. The summed E-state index contributed by atoms with van der Waals surface area (Å²) in [6.07, 6.45) is 3.66. The van der Waals surface area contributed by atoms with Crippen LogP contribution in [0.25, 0.3) is 0 Å². The van der Waals surface area contributed by atoms with E-state index < -0.39 is 5.60 Å². The highest BCUT2D eigenvalue weighted by Gasteiger charge is 2.17. The Morgan fingerprint density at radius 1 is 1.54 bits per heavy atom. The van der Waals surface area contributed by atoms with Gasteiger partial charge in [-0.1, -0.05) is 0 Å². The Bertz CT molecular complexity index is 183. The van der Waals surface area contributed by atoms with Crippen molar-refractivity contribution in [1.29, 1.82) is 0 Å². The number of aliphatic hydroxyl groups excluding tert-OH is 1. The molecule has 3 nitrogen and oxygen atoms in total. The highest BCUT2D eigenvalue weighted by Crippen LogP contribution is 2.18. The lowest BCUT2D eigenvalue weighted by Gasteiger charge is -2.22. The van der Waals surface area contributed by atoms with Crippen LogP contribution in [0.15, 0.2) is 11.8 Å². The molecule has 0 unspecified atom stereocenters. The van der Waals surface area contributed by atoms with E-state index in [0.717, 1.165) is 31.1 Å². The van der Waals surface area contributed by atoms with E-state index in [1.165, 1.54) is 0 Å².